The van der Waals surface area contributed by atoms with E-state index in [1.807, 2.05) is 6.92 Å². The maximum absolute atomic E-state index is 5.27. The number of nitrogens with one attached hydrogen (secondary N) is 1. The number of rotatable bonds is 4. The molecule has 0 aromatic heterocycles. The molecule has 2 nitrogen and oxygen atoms in total. The molecule has 14 heavy (non-hydrogen) atoms. The van der Waals surface area contributed by atoms with E-state index in [4.69, 9.17) is 4.74 Å². The van der Waals surface area contributed by atoms with Gasteiger partial charge in [0, 0.05) is 13.7 Å². The van der Waals surface area contributed by atoms with Gasteiger partial charge in [-0.05, 0) is 31.0 Å². The fourth-order valence-electron chi connectivity index (χ4n) is 1.45. The lowest BCUT2D eigenvalue weighted by molar-refractivity contribution is 0.169. The molecular formula is C12H19NO. The van der Waals surface area contributed by atoms with Crippen molar-refractivity contribution in [1.29, 1.82) is 0 Å². The van der Waals surface area contributed by atoms with Crippen LogP contribution in [0.5, 0.6) is 0 Å². The van der Waals surface area contributed by atoms with E-state index in [2.05, 4.69) is 30.1 Å². The SMILES string of the molecule is C=C(C)C(C=CC1=CCCNC1)OC. The molecule has 0 fully saturated rings. The Labute approximate surface area is 86.3 Å². The largest absolute Gasteiger partial charge is 0.373 e. The summed E-state index contributed by atoms with van der Waals surface area (Å²) in [5, 5.41) is 3.32. The molecule has 0 spiro atoms. The van der Waals surface area contributed by atoms with Gasteiger partial charge in [-0.25, -0.2) is 0 Å². The highest BCUT2D eigenvalue weighted by Gasteiger charge is 2.03. The molecule has 1 heterocycles. The first-order chi connectivity index (χ1) is 6.74. The summed E-state index contributed by atoms with van der Waals surface area (Å²) in [6.07, 6.45) is 7.59. The molecule has 1 N–H and O–H groups in total. The Hall–Kier alpha value is -0.860. The Morgan fingerprint density at radius 2 is 2.50 bits per heavy atom. The Morgan fingerprint density at radius 3 is 3.00 bits per heavy atom. The van der Waals surface area contributed by atoms with Crippen molar-refractivity contribution >= 4 is 0 Å². The fourth-order valence-corrected chi connectivity index (χ4v) is 1.45. The van der Waals surface area contributed by atoms with Crippen molar-refractivity contribution in [2.24, 2.45) is 0 Å². The van der Waals surface area contributed by atoms with Gasteiger partial charge >= 0.3 is 0 Å². The van der Waals surface area contributed by atoms with E-state index in [1.165, 1.54) is 5.57 Å². The predicted octanol–water partition coefficient (Wildman–Crippen LogP) is 2.05. The van der Waals surface area contributed by atoms with Crippen molar-refractivity contribution in [3.05, 3.63) is 36.0 Å². The maximum Gasteiger partial charge on any atom is 0.0960 e. The summed E-state index contributed by atoms with van der Waals surface area (Å²) in [4.78, 5) is 0. The van der Waals surface area contributed by atoms with Crippen LogP contribution in [0.2, 0.25) is 0 Å². The van der Waals surface area contributed by atoms with E-state index in [-0.39, 0.29) is 6.10 Å². The molecule has 2 heteroatoms. The zero-order valence-corrected chi connectivity index (χ0v) is 9.05. The Morgan fingerprint density at radius 1 is 1.71 bits per heavy atom. The van der Waals surface area contributed by atoms with Gasteiger partial charge in [-0.2, -0.15) is 0 Å². The Kier molecular flexibility index (Phi) is 4.63. The zero-order chi connectivity index (χ0) is 10.4. The third kappa shape index (κ3) is 3.48. The van der Waals surface area contributed by atoms with Crippen LogP contribution in [0.25, 0.3) is 0 Å². The van der Waals surface area contributed by atoms with Gasteiger partial charge in [0.25, 0.3) is 0 Å². The van der Waals surface area contributed by atoms with Crippen LogP contribution < -0.4 is 5.32 Å². The van der Waals surface area contributed by atoms with Gasteiger partial charge in [0.05, 0.1) is 6.10 Å². The maximum atomic E-state index is 5.27. The highest BCUT2D eigenvalue weighted by atomic mass is 16.5. The van der Waals surface area contributed by atoms with Crippen molar-refractivity contribution in [2.45, 2.75) is 19.4 Å². The molecular weight excluding hydrogens is 174 g/mol. The van der Waals surface area contributed by atoms with Crippen LogP contribution in [0.4, 0.5) is 0 Å². The standard InChI is InChI=1S/C12H19NO/c1-10(2)12(14-3)7-6-11-5-4-8-13-9-11/h5-7,12-13H,1,4,8-9H2,2-3H3. The molecule has 1 rings (SSSR count). The minimum Gasteiger partial charge on any atom is -0.373 e. The molecule has 0 bridgehead atoms. The van der Waals surface area contributed by atoms with Gasteiger partial charge in [-0.1, -0.05) is 24.8 Å². The van der Waals surface area contributed by atoms with Gasteiger partial charge in [0.1, 0.15) is 0 Å². The van der Waals surface area contributed by atoms with E-state index in [9.17, 15) is 0 Å². The van der Waals surface area contributed by atoms with Crippen LogP contribution in [0.15, 0.2) is 36.0 Å². The second-order valence-electron chi connectivity index (χ2n) is 3.61. The van der Waals surface area contributed by atoms with Gasteiger partial charge in [0.15, 0.2) is 0 Å². The third-order valence-electron chi connectivity index (χ3n) is 2.28. The molecule has 0 radical (unpaired) electrons. The van der Waals surface area contributed by atoms with E-state index in [0.29, 0.717) is 0 Å². The highest BCUT2D eigenvalue weighted by molar-refractivity contribution is 5.25. The summed E-state index contributed by atoms with van der Waals surface area (Å²) < 4.78 is 5.27. The number of methoxy groups -OCH3 is 1. The highest BCUT2D eigenvalue weighted by Crippen LogP contribution is 2.08. The summed E-state index contributed by atoms with van der Waals surface area (Å²) in [7, 11) is 1.71. The summed E-state index contributed by atoms with van der Waals surface area (Å²) in [5.41, 5.74) is 2.37. The first-order valence-corrected chi connectivity index (χ1v) is 5.00. The van der Waals surface area contributed by atoms with Crippen LogP contribution in [-0.4, -0.2) is 26.3 Å². The lowest BCUT2D eigenvalue weighted by Crippen LogP contribution is -2.21. The minimum absolute atomic E-state index is 0.0397. The predicted molar refractivity (Wildman–Crippen MR) is 60.3 cm³/mol. The van der Waals surface area contributed by atoms with Crippen LogP contribution in [-0.2, 0) is 4.74 Å². The number of hydrogen-bond acceptors (Lipinski definition) is 2. The normalized spacial score (nSPS) is 19.4. The van der Waals surface area contributed by atoms with Crippen molar-refractivity contribution < 1.29 is 4.74 Å². The van der Waals surface area contributed by atoms with Crippen molar-refractivity contribution in [3.8, 4) is 0 Å². The van der Waals surface area contributed by atoms with E-state index < -0.39 is 0 Å². The Bertz CT molecular complexity index is 253. The minimum atomic E-state index is 0.0397. The fraction of sp³-hybridized carbons (Fsp3) is 0.500. The molecule has 0 amide bonds. The van der Waals surface area contributed by atoms with Crippen LogP contribution in [0, 0.1) is 0 Å². The van der Waals surface area contributed by atoms with Crippen molar-refractivity contribution in [1.82, 2.24) is 5.32 Å². The second kappa shape index (κ2) is 5.78. The third-order valence-corrected chi connectivity index (χ3v) is 2.28. The molecule has 0 saturated heterocycles. The summed E-state index contributed by atoms with van der Waals surface area (Å²) in [6.45, 7) is 7.91. The monoisotopic (exact) mass is 193 g/mol. The summed E-state index contributed by atoms with van der Waals surface area (Å²) >= 11 is 0. The topological polar surface area (TPSA) is 21.3 Å². The average Bonchev–Trinajstić information content (AvgIpc) is 2.20. The Balaban J connectivity index is 2.52. The van der Waals surface area contributed by atoms with E-state index in [0.717, 1.165) is 25.1 Å². The van der Waals surface area contributed by atoms with Crippen molar-refractivity contribution in [3.63, 3.8) is 0 Å². The smallest absolute Gasteiger partial charge is 0.0960 e. The van der Waals surface area contributed by atoms with Gasteiger partial charge in [-0.3, -0.25) is 0 Å². The first-order valence-electron chi connectivity index (χ1n) is 5.00. The van der Waals surface area contributed by atoms with Gasteiger partial charge in [0.2, 0.25) is 0 Å². The van der Waals surface area contributed by atoms with Crippen LogP contribution >= 0.6 is 0 Å². The molecule has 1 atom stereocenters. The van der Waals surface area contributed by atoms with Crippen LogP contribution in [0.3, 0.4) is 0 Å². The average molecular weight is 193 g/mol. The molecule has 0 saturated carbocycles. The number of ether oxygens (including phenoxy) is 1. The molecule has 78 valence electrons. The molecule has 1 aliphatic heterocycles. The van der Waals surface area contributed by atoms with Gasteiger partial charge < -0.3 is 10.1 Å². The lowest BCUT2D eigenvalue weighted by atomic mass is 10.1. The van der Waals surface area contributed by atoms with Crippen molar-refractivity contribution in [2.75, 3.05) is 20.2 Å². The zero-order valence-electron chi connectivity index (χ0n) is 9.05. The molecule has 1 unspecified atom stereocenters. The number of hydrogen-bond donors (Lipinski definition) is 1. The van der Waals surface area contributed by atoms with Gasteiger partial charge in [-0.15, -0.1) is 0 Å². The summed E-state index contributed by atoms with van der Waals surface area (Å²) in [5.74, 6) is 0. The molecule has 0 aromatic carbocycles. The first kappa shape index (κ1) is 11.2. The quantitative estimate of drug-likeness (QED) is 0.690. The van der Waals surface area contributed by atoms with E-state index in [1.54, 1.807) is 7.11 Å². The molecule has 0 aromatic rings. The second-order valence-corrected chi connectivity index (χ2v) is 3.61. The van der Waals surface area contributed by atoms with E-state index >= 15 is 0 Å². The van der Waals surface area contributed by atoms with Crippen LogP contribution in [0.1, 0.15) is 13.3 Å². The lowest BCUT2D eigenvalue weighted by Gasteiger charge is -2.13. The molecule has 0 aliphatic carbocycles. The summed E-state index contributed by atoms with van der Waals surface area (Å²) in [6, 6.07) is 0. The molecule has 1 aliphatic rings.